The summed E-state index contributed by atoms with van der Waals surface area (Å²) in [5, 5.41) is 2.65. The minimum atomic E-state index is -0.118. The van der Waals surface area contributed by atoms with E-state index in [0.717, 1.165) is 22.6 Å². The first-order valence-electron chi connectivity index (χ1n) is 8.66. The van der Waals surface area contributed by atoms with E-state index in [1.165, 1.54) is 11.3 Å². The van der Waals surface area contributed by atoms with Gasteiger partial charge in [0.2, 0.25) is 0 Å². The molecule has 7 heteroatoms. The second-order valence-electron chi connectivity index (χ2n) is 6.30. The minimum Gasteiger partial charge on any atom is -0.497 e. The van der Waals surface area contributed by atoms with Gasteiger partial charge in [0.15, 0.2) is 0 Å². The number of hydrogen-bond acceptors (Lipinski definition) is 6. The molecule has 0 saturated carbocycles. The van der Waals surface area contributed by atoms with Crippen molar-refractivity contribution in [2.24, 2.45) is 7.05 Å². The number of pyridine rings is 1. The molecule has 0 atom stereocenters. The number of benzene rings is 1. The third-order valence-corrected chi connectivity index (χ3v) is 5.46. The lowest BCUT2D eigenvalue weighted by atomic mass is 9.99. The molecule has 0 spiro atoms. The van der Waals surface area contributed by atoms with Crippen molar-refractivity contribution in [2.45, 2.75) is 6.92 Å². The molecule has 4 rings (SSSR count). The van der Waals surface area contributed by atoms with E-state index in [0.29, 0.717) is 22.0 Å². The van der Waals surface area contributed by atoms with Crippen molar-refractivity contribution in [3.05, 3.63) is 70.4 Å². The molecule has 0 radical (unpaired) electrons. The van der Waals surface area contributed by atoms with Gasteiger partial charge in [-0.2, -0.15) is 0 Å². The maximum Gasteiger partial charge on any atom is 0.261 e. The van der Waals surface area contributed by atoms with E-state index in [4.69, 9.17) is 4.74 Å². The van der Waals surface area contributed by atoms with E-state index in [2.05, 4.69) is 15.0 Å². The molecule has 0 N–H and O–H groups in total. The van der Waals surface area contributed by atoms with Crippen LogP contribution in [0.3, 0.4) is 0 Å². The summed E-state index contributed by atoms with van der Waals surface area (Å²) in [5.41, 5.74) is 4.52. The van der Waals surface area contributed by atoms with E-state index in [-0.39, 0.29) is 5.56 Å². The molecular weight excluding hydrogens is 372 g/mol. The summed E-state index contributed by atoms with van der Waals surface area (Å²) in [6, 6.07) is 9.62. The molecule has 4 aromatic rings. The zero-order valence-corrected chi connectivity index (χ0v) is 16.5. The van der Waals surface area contributed by atoms with Gasteiger partial charge >= 0.3 is 0 Å². The van der Waals surface area contributed by atoms with Gasteiger partial charge in [0, 0.05) is 36.1 Å². The van der Waals surface area contributed by atoms with Gasteiger partial charge in [-0.3, -0.25) is 14.8 Å². The van der Waals surface area contributed by atoms with Gasteiger partial charge in [0.05, 0.1) is 24.6 Å². The van der Waals surface area contributed by atoms with Crippen molar-refractivity contribution in [3.63, 3.8) is 0 Å². The number of rotatable bonds is 4. The van der Waals surface area contributed by atoms with Crippen LogP contribution < -0.4 is 10.3 Å². The molecule has 0 unspecified atom stereocenters. The Balaban J connectivity index is 2.02. The summed E-state index contributed by atoms with van der Waals surface area (Å²) in [6.07, 6.45) is 4.89. The molecule has 3 heterocycles. The Bertz CT molecular complexity index is 1180. The van der Waals surface area contributed by atoms with E-state index in [1.807, 2.05) is 42.6 Å². The maximum absolute atomic E-state index is 13.1. The highest BCUT2D eigenvalue weighted by atomic mass is 32.1. The molecule has 0 aliphatic rings. The van der Waals surface area contributed by atoms with Crippen LogP contribution in [0.5, 0.6) is 5.75 Å². The topological polar surface area (TPSA) is 69.9 Å². The van der Waals surface area contributed by atoms with E-state index < -0.39 is 0 Å². The fourth-order valence-corrected chi connectivity index (χ4v) is 3.89. The summed E-state index contributed by atoms with van der Waals surface area (Å²) in [4.78, 5) is 26.2. The van der Waals surface area contributed by atoms with Crippen LogP contribution in [-0.4, -0.2) is 26.6 Å². The first-order valence-corrected chi connectivity index (χ1v) is 9.54. The number of aryl methyl sites for hydroxylation is 1. The van der Waals surface area contributed by atoms with Crippen molar-refractivity contribution in [3.8, 4) is 38.8 Å². The lowest BCUT2D eigenvalue weighted by Crippen LogP contribution is -2.21. The molecule has 0 amide bonds. The number of ether oxygens (including phenoxy) is 1. The molecule has 1 aromatic carbocycles. The zero-order valence-electron chi connectivity index (χ0n) is 15.7. The van der Waals surface area contributed by atoms with Crippen molar-refractivity contribution in [1.82, 2.24) is 19.5 Å². The minimum absolute atomic E-state index is 0.118. The Kier molecular flexibility index (Phi) is 4.75. The summed E-state index contributed by atoms with van der Waals surface area (Å²) in [6.45, 7) is 1.92. The number of nitrogens with zero attached hydrogens (tertiary/aromatic N) is 4. The molecule has 0 aliphatic heterocycles. The van der Waals surface area contributed by atoms with Crippen LogP contribution >= 0.6 is 11.3 Å². The summed E-state index contributed by atoms with van der Waals surface area (Å²) in [5.74, 6) is 0.769. The standard InChI is InChI=1S/C21H18N4O2S/c1-13-12-28-20(24-13)17-10-16(14-4-6-15(27-3)7-5-14)19(25(2)21(17)26)18-11-22-8-9-23-18/h4-12H,1-3H3. The third-order valence-electron chi connectivity index (χ3n) is 4.47. The van der Waals surface area contributed by atoms with Crippen LogP contribution in [0.4, 0.5) is 0 Å². The van der Waals surface area contributed by atoms with Gasteiger partial charge in [-0.15, -0.1) is 11.3 Å². The lowest BCUT2D eigenvalue weighted by molar-refractivity contribution is 0.415. The van der Waals surface area contributed by atoms with Crippen LogP contribution in [0, 0.1) is 6.92 Å². The van der Waals surface area contributed by atoms with E-state index in [9.17, 15) is 4.79 Å². The lowest BCUT2D eigenvalue weighted by Gasteiger charge is -2.16. The molecular formula is C21H18N4O2S. The number of thiazole rings is 1. The van der Waals surface area contributed by atoms with Gasteiger partial charge in [0.1, 0.15) is 16.5 Å². The van der Waals surface area contributed by atoms with Gasteiger partial charge < -0.3 is 9.30 Å². The van der Waals surface area contributed by atoms with E-state index >= 15 is 0 Å². The smallest absolute Gasteiger partial charge is 0.261 e. The number of aromatic nitrogens is 4. The molecule has 140 valence electrons. The zero-order chi connectivity index (χ0) is 19.7. The fraction of sp³-hybridized carbons (Fsp3) is 0.143. The summed E-state index contributed by atoms with van der Waals surface area (Å²) >= 11 is 1.46. The molecule has 0 fully saturated rings. The highest BCUT2D eigenvalue weighted by Gasteiger charge is 2.19. The summed E-state index contributed by atoms with van der Waals surface area (Å²) in [7, 11) is 3.39. The van der Waals surface area contributed by atoms with E-state index in [1.54, 1.807) is 37.3 Å². The molecule has 0 aliphatic carbocycles. The highest BCUT2D eigenvalue weighted by molar-refractivity contribution is 7.13. The van der Waals surface area contributed by atoms with Crippen molar-refractivity contribution < 1.29 is 4.74 Å². The number of methoxy groups -OCH3 is 1. The Morgan fingerprint density at radius 1 is 1.11 bits per heavy atom. The van der Waals surface area contributed by atoms with Gasteiger partial charge in [-0.1, -0.05) is 12.1 Å². The van der Waals surface area contributed by atoms with Crippen LogP contribution in [0.25, 0.3) is 33.1 Å². The molecule has 0 saturated heterocycles. The van der Waals surface area contributed by atoms with Crippen molar-refractivity contribution >= 4 is 11.3 Å². The van der Waals surface area contributed by atoms with Crippen LogP contribution in [0.1, 0.15) is 5.69 Å². The largest absolute Gasteiger partial charge is 0.497 e. The Morgan fingerprint density at radius 3 is 2.50 bits per heavy atom. The third kappa shape index (κ3) is 3.20. The van der Waals surface area contributed by atoms with Crippen molar-refractivity contribution in [1.29, 1.82) is 0 Å². The van der Waals surface area contributed by atoms with Crippen LogP contribution in [0.2, 0.25) is 0 Å². The van der Waals surface area contributed by atoms with Crippen LogP contribution in [0.15, 0.2) is 59.1 Å². The fourth-order valence-electron chi connectivity index (χ4n) is 3.09. The predicted molar refractivity (Wildman–Crippen MR) is 111 cm³/mol. The second-order valence-corrected chi connectivity index (χ2v) is 7.16. The second kappa shape index (κ2) is 7.36. The van der Waals surface area contributed by atoms with Crippen molar-refractivity contribution in [2.75, 3.05) is 7.11 Å². The first-order chi connectivity index (χ1) is 13.6. The van der Waals surface area contributed by atoms with Gasteiger partial charge in [-0.05, 0) is 30.7 Å². The Hall–Kier alpha value is -3.32. The summed E-state index contributed by atoms with van der Waals surface area (Å²) < 4.78 is 6.89. The SMILES string of the molecule is COc1ccc(-c2cc(-c3nc(C)cs3)c(=O)n(C)c2-c2cnccn2)cc1. The monoisotopic (exact) mass is 390 g/mol. The Labute approximate surface area is 166 Å². The molecule has 6 nitrogen and oxygen atoms in total. The highest BCUT2D eigenvalue weighted by Crippen LogP contribution is 2.34. The number of hydrogen-bond donors (Lipinski definition) is 0. The molecule has 28 heavy (non-hydrogen) atoms. The van der Waals surface area contributed by atoms with Gasteiger partial charge in [0.25, 0.3) is 5.56 Å². The van der Waals surface area contributed by atoms with Gasteiger partial charge in [-0.25, -0.2) is 4.98 Å². The average Bonchev–Trinajstić information content (AvgIpc) is 3.16. The maximum atomic E-state index is 13.1. The predicted octanol–water partition coefficient (Wildman–Crippen LogP) is 3.95. The average molecular weight is 390 g/mol. The molecule has 0 bridgehead atoms. The Morgan fingerprint density at radius 2 is 1.89 bits per heavy atom. The molecule has 3 aromatic heterocycles. The first kappa shape index (κ1) is 18.1. The van der Waals surface area contributed by atoms with Crippen LogP contribution in [-0.2, 0) is 7.05 Å². The quantitative estimate of drug-likeness (QED) is 0.528. The normalized spacial score (nSPS) is 10.8.